The standard InChI is InChI=1S/C24H27N3O2/c1-15-12-19-16(14-25-15)6-5-7-20(19)26-23(28)27-21-10-11-29-22-13-17(24(2,3)4)8-9-18(21)22/h5-9,12-14,21H,10-11H2,1-4H3,(H2,26,27,28). The van der Waals surface area contributed by atoms with Crippen molar-refractivity contribution in [2.24, 2.45) is 0 Å². The number of carbonyl (C=O) groups is 1. The van der Waals surface area contributed by atoms with Gasteiger partial charge in [0.15, 0.2) is 0 Å². The van der Waals surface area contributed by atoms with Crippen molar-refractivity contribution >= 4 is 22.5 Å². The minimum absolute atomic E-state index is 0.0531. The molecule has 2 amide bonds. The van der Waals surface area contributed by atoms with Crippen LogP contribution in [0.25, 0.3) is 10.8 Å². The van der Waals surface area contributed by atoms with Gasteiger partial charge in [0.2, 0.25) is 0 Å². The number of hydrogen-bond acceptors (Lipinski definition) is 3. The molecule has 0 saturated carbocycles. The summed E-state index contributed by atoms with van der Waals surface area (Å²) >= 11 is 0. The number of pyridine rings is 1. The molecule has 0 fully saturated rings. The molecule has 0 spiro atoms. The predicted molar refractivity (Wildman–Crippen MR) is 117 cm³/mol. The number of anilines is 1. The van der Waals surface area contributed by atoms with Crippen molar-refractivity contribution in [2.75, 3.05) is 11.9 Å². The molecule has 1 aromatic heterocycles. The third-order valence-electron chi connectivity index (χ3n) is 5.37. The molecule has 29 heavy (non-hydrogen) atoms. The fraction of sp³-hybridized carbons (Fsp3) is 0.333. The van der Waals surface area contributed by atoms with Gasteiger partial charge in [0, 0.05) is 34.6 Å². The fourth-order valence-electron chi connectivity index (χ4n) is 3.71. The summed E-state index contributed by atoms with van der Waals surface area (Å²) in [7, 11) is 0. The normalized spacial score (nSPS) is 16.1. The van der Waals surface area contributed by atoms with Crippen LogP contribution in [0.1, 0.15) is 50.1 Å². The SMILES string of the molecule is Cc1cc2c(NC(=O)NC3CCOc4cc(C(C)(C)C)ccc43)cccc2cn1. The molecule has 3 aromatic rings. The summed E-state index contributed by atoms with van der Waals surface area (Å²) in [5.41, 5.74) is 4.00. The van der Waals surface area contributed by atoms with Gasteiger partial charge >= 0.3 is 6.03 Å². The van der Waals surface area contributed by atoms with Gasteiger partial charge in [-0.05, 0) is 36.1 Å². The molecule has 2 N–H and O–H groups in total. The van der Waals surface area contributed by atoms with Crippen LogP contribution in [-0.4, -0.2) is 17.6 Å². The molecule has 150 valence electrons. The number of benzene rings is 2. The predicted octanol–water partition coefficient (Wildman–Crippen LogP) is 5.49. The molecule has 2 heterocycles. The van der Waals surface area contributed by atoms with Crippen molar-refractivity contribution in [3.63, 3.8) is 0 Å². The third-order valence-corrected chi connectivity index (χ3v) is 5.37. The molecule has 0 aliphatic carbocycles. The summed E-state index contributed by atoms with van der Waals surface area (Å²) in [5.74, 6) is 0.862. The van der Waals surface area contributed by atoms with Crippen LogP contribution in [0.15, 0.2) is 48.7 Å². The van der Waals surface area contributed by atoms with Crippen LogP contribution in [-0.2, 0) is 5.41 Å². The van der Waals surface area contributed by atoms with E-state index < -0.39 is 0 Å². The molecule has 1 atom stereocenters. The first-order chi connectivity index (χ1) is 13.8. The minimum Gasteiger partial charge on any atom is -0.493 e. The second-order valence-electron chi connectivity index (χ2n) is 8.64. The lowest BCUT2D eigenvalue weighted by atomic mass is 9.85. The number of urea groups is 1. The Hall–Kier alpha value is -3.08. The molecule has 0 saturated heterocycles. The zero-order valence-electron chi connectivity index (χ0n) is 17.4. The number of nitrogens with one attached hydrogen (secondary N) is 2. The Bertz CT molecular complexity index is 1070. The molecule has 4 rings (SSSR count). The van der Waals surface area contributed by atoms with Crippen LogP contribution in [0.2, 0.25) is 0 Å². The van der Waals surface area contributed by atoms with Gasteiger partial charge in [-0.25, -0.2) is 4.79 Å². The van der Waals surface area contributed by atoms with E-state index in [0.717, 1.165) is 39.9 Å². The van der Waals surface area contributed by atoms with E-state index in [4.69, 9.17) is 4.74 Å². The van der Waals surface area contributed by atoms with Crippen molar-refractivity contribution < 1.29 is 9.53 Å². The second-order valence-corrected chi connectivity index (χ2v) is 8.64. The van der Waals surface area contributed by atoms with Crippen LogP contribution < -0.4 is 15.4 Å². The zero-order chi connectivity index (χ0) is 20.6. The number of rotatable bonds is 2. The van der Waals surface area contributed by atoms with Gasteiger partial charge in [0.1, 0.15) is 5.75 Å². The number of aryl methyl sites for hydroxylation is 1. The quantitative estimate of drug-likeness (QED) is 0.609. The number of carbonyl (C=O) groups excluding carboxylic acids is 1. The second kappa shape index (κ2) is 7.39. The van der Waals surface area contributed by atoms with E-state index in [0.29, 0.717) is 6.61 Å². The number of amides is 2. The van der Waals surface area contributed by atoms with Crippen molar-refractivity contribution in [2.45, 2.75) is 45.6 Å². The van der Waals surface area contributed by atoms with E-state index >= 15 is 0 Å². The minimum atomic E-state index is -0.218. The zero-order valence-corrected chi connectivity index (χ0v) is 17.4. The maximum Gasteiger partial charge on any atom is 0.319 e. The Morgan fingerprint density at radius 3 is 2.79 bits per heavy atom. The molecular formula is C24H27N3O2. The molecule has 0 bridgehead atoms. The van der Waals surface area contributed by atoms with Crippen LogP contribution >= 0.6 is 0 Å². The van der Waals surface area contributed by atoms with Gasteiger partial charge in [-0.1, -0.05) is 45.0 Å². The van der Waals surface area contributed by atoms with E-state index in [2.05, 4.69) is 54.6 Å². The topological polar surface area (TPSA) is 63.2 Å². The van der Waals surface area contributed by atoms with Gasteiger partial charge in [-0.15, -0.1) is 0 Å². The lowest BCUT2D eigenvalue weighted by Gasteiger charge is -2.29. The van der Waals surface area contributed by atoms with Gasteiger partial charge < -0.3 is 15.4 Å². The molecule has 1 unspecified atom stereocenters. The first kappa shape index (κ1) is 19.2. The molecular weight excluding hydrogens is 362 g/mol. The van der Waals surface area contributed by atoms with Crippen LogP contribution in [0.4, 0.5) is 10.5 Å². The van der Waals surface area contributed by atoms with Crippen LogP contribution in [0.5, 0.6) is 5.75 Å². The number of fused-ring (bicyclic) bond motifs is 2. The monoisotopic (exact) mass is 389 g/mol. The van der Waals surface area contributed by atoms with Crippen molar-refractivity contribution in [3.8, 4) is 5.75 Å². The highest BCUT2D eigenvalue weighted by Gasteiger charge is 2.25. The van der Waals surface area contributed by atoms with E-state index in [1.54, 1.807) is 0 Å². The Morgan fingerprint density at radius 1 is 1.17 bits per heavy atom. The average molecular weight is 389 g/mol. The summed E-state index contributed by atoms with van der Waals surface area (Å²) in [6.07, 6.45) is 2.57. The average Bonchev–Trinajstić information content (AvgIpc) is 2.67. The molecule has 5 heteroatoms. The summed E-state index contributed by atoms with van der Waals surface area (Å²) < 4.78 is 5.88. The highest BCUT2D eigenvalue weighted by molar-refractivity contribution is 6.01. The fourth-order valence-corrected chi connectivity index (χ4v) is 3.71. The maximum absolute atomic E-state index is 12.8. The molecule has 2 aromatic carbocycles. The largest absolute Gasteiger partial charge is 0.493 e. The van der Waals surface area contributed by atoms with Gasteiger partial charge in [-0.2, -0.15) is 0 Å². The van der Waals surface area contributed by atoms with Gasteiger partial charge in [0.25, 0.3) is 0 Å². The first-order valence-corrected chi connectivity index (χ1v) is 10.0. The van der Waals surface area contributed by atoms with E-state index in [9.17, 15) is 4.79 Å². The lowest BCUT2D eigenvalue weighted by molar-refractivity contribution is 0.232. The summed E-state index contributed by atoms with van der Waals surface area (Å²) in [6, 6.07) is 13.8. The summed E-state index contributed by atoms with van der Waals surface area (Å²) in [6.45, 7) is 9.08. The summed E-state index contributed by atoms with van der Waals surface area (Å²) in [4.78, 5) is 17.1. The van der Waals surface area contributed by atoms with Crippen LogP contribution in [0.3, 0.4) is 0 Å². The molecule has 1 aliphatic heterocycles. The van der Waals surface area contributed by atoms with E-state index in [1.807, 2.05) is 37.4 Å². The van der Waals surface area contributed by atoms with E-state index in [-0.39, 0.29) is 17.5 Å². The smallest absolute Gasteiger partial charge is 0.319 e. The number of nitrogens with zero attached hydrogens (tertiary/aromatic N) is 1. The lowest BCUT2D eigenvalue weighted by Crippen LogP contribution is -2.35. The maximum atomic E-state index is 12.8. The number of aromatic nitrogens is 1. The van der Waals surface area contributed by atoms with Gasteiger partial charge in [0.05, 0.1) is 18.3 Å². The molecule has 1 aliphatic rings. The molecule has 0 radical (unpaired) electrons. The van der Waals surface area contributed by atoms with Crippen LogP contribution in [0, 0.1) is 6.92 Å². The Balaban J connectivity index is 1.54. The highest BCUT2D eigenvalue weighted by Crippen LogP contribution is 2.36. The Kier molecular flexibility index (Phi) is 4.91. The first-order valence-electron chi connectivity index (χ1n) is 10.0. The summed E-state index contributed by atoms with van der Waals surface area (Å²) in [5, 5.41) is 8.11. The number of ether oxygens (including phenoxy) is 1. The third kappa shape index (κ3) is 4.04. The highest BCUT2D eigenvalue weighted by atomic mass is 16.5. The van der Waals surface area contributed by atoms with E-state index in [1.165, 1.54) is 5.56 Å². The van der Waals surface area contributed by atoms with Crippen molar-refractivity contribution in [1.29, 1.82) is 0 Å². The molecule has 5 nitrogen and oxygen atoms in total. The number of hydrogen-bond donors (Lipinski definition) is 2. The Labute approximate surface area is 171 Å². The van der Waals surface area contributed by atoms with Crippen molar-refractivity contribution in [3.05, 3.63) is 65.5 Å². The van der Waals surface area contributed by atoms with Crippen molar-refractivity contribution in [1.82, 2.24) is 10.3 Å². The van der Waals surface area contributed by atoms with Gasteiger partial charge in [-0.3, -0.25) is 4.98 Å². The Morgan fingerprint density at radius 2 is 2.00 bits per heavy atom.